The van der Waals surface area contributed by atoms with Gasteiger partial charge in [-0.05, 0) is 132 Å². The number of esters is 2. The number of carbonyl (C=O) groups excluding carboxylic acids is 13. The maximum absolute atomic E-state index is 13.8. The lowest BCUT2D eigenvalue weighted by atomic mass is 10.0. The first-order chi connectivity index (χ1) is 54.7. The van der Waals surface area contributed by atoms with Gasteiger partial charge < -0.3 is 54.3 Å². The minimum atomic E-state index is -3.78. The molecule has 0 spiro atoms. The number of halogens is 2. The fourth-order valence-electron chi connectivity index (χ4n) is 11.8. The number of nitrogens with one attached hydrogen (secondary N) is 4. The molecule has 1 aromatic heterocycles. The first kappa shape index (κ1) is 90.5. The second kappa shape index (κ2) is 42.4. The number of nitrogens with zero attached hydrogens (tertiary/aromatic N) is 6. The molecule has 2 saturated heterocycles. The highest BCUT2D eigenvalue weighted by molar-refractivity contribution is 7.89. The van der Waals surface area contributed by atoms with Crippen LogP contribution in [0, 0.1) is 0 Å². The van der Waals surface area contributed by atoms with Gasteiger partial charge in [0, 0.05) is 50.4 Å². The lowest BCUT2D eigenvalue weighted by molar-refractivity contribution is -0.147. The minimum Gasteiger partial charge on any atom is -0.497 e. The quantitative estimate of drug-likeness (QED) is 0.00707. The third-order valence-electron chi connectivity index (χ3n) is 17.9. The van der Waals surface area contributed by atoms with Crippen LogP contribution in [-0.4, -0.2) is 186 Å². The van der Waals surface area contributed by atoms with Crippen LogP contribution in [-0.2, 0) is 69.1 Å². The summed E-state index contributed by atoms with van der Waals surface area (Å²) in [6, 6.07) is 30.0. The predicted octanol–water partition coefficient (Wildman–Crippen LogP) is 12.4. The Bertz CT molecular complexity index is 4810. The molecule has 9 amide bonds. The summed E-state index contributed by atoms with van der Waals surface area (Å²) in [6.45, 7) is 9.18. The number of carbonyl (C=O) groups is 13. The first-order valence-electron chi connectivity index (χ1n) is 36.6. The van der Waals surface area contributed by atoms with Crippen molar-refractivity contribution in [3.05, 3.63) is 190 Å². The van der Waals surface area contributed by atoms with E-state index in [1.165, 1.54) is 183 Å². The number of urea groups is 1. The number of imide groups is 2. The Balaban J connectivity index is 0.000000247. The number of benzene rings is 6. The van der Waals surface area contributed by atoms with E-state index < -0.39 is 117 Å². The molecular weight excluding hydrogens is 1550 g/mol. The highest BCUT2D eigenvalue weighted by Gasteiger charge is 2.54. The lowest BCUT2D eigenvalue weighted by Crippen LogP contribution is -2.52. The summed E-state index contributed by atoms with van der Waals surface area (Å²) in [4.78, 5) is 174. The molecule has 31 nitrogen and oxygen atoms in total. The van der Waals surface area contributed by atoms with Crippen LogP contribution in [0.15, 0.2) is 157 Å². The van der Waals surface area contributed by atoms with E-state index in [0.29, 0.717) is 21.2 Å². The van der Waals surface area contributed by atoms with Crippen LogP contribution >= 0.6 is 23.2 Å². The smallest absolute Gasteiger partial charge is 0.418 e. The van der Waals surface area contributed by atoms with Crippen molar-refractivity contribution in [2.75, 3.05) is 69.9 Å². The highest BCUT2D eigenvalue weighted by Crippen LogP contribution is 2.34. The van der Waals surface area contributed by atoms with Crippen molar-refractivity contribution in [3.8, 4) is 11.5 Å². The molecule has 6 aromatic carbocycles. The Kier molecular flexibility index (Phi) is 33.4. The molecule has 0 saturated carbocycles. The molecule has 115 heavy (non-hydrogen) atoms. The molecule has 612 valence electrons. The van der Waals surface area contributed by atoms with Crippen LogP contribution in [0.5, 0.6) is 11.5 Å². The number of ketones is 3. The zero-order valence-electron chi connectivity index (χ0n) is 65.4. The van der Waals surface area contributed by atoms with E-state index in [1.807, 2.05) is 6.07 Å². The van der Waals surface area contributed by atoms with E-state index in [9.17, 15) is 70.7 Å². The van der Waals surface area contributed by atoms with Crippen LogP contribution < -0.4 is 30.7 Å². The van der Waals surface area contributed by atoms with Gasteiger partial charge in [0.1, 0.15) is 11.5 Å². The monoisotopic (exact) mass is 1640 g/mol. The van der Waals surface area contributed by atoms with Crippen molar-refractivity contribution in [2.45, 2.75) is 147 Å². The normalized spacial score (nSPS) is 14.3. The number of sulfonamides is 1. The third-order valence-corrected chi connectivity index (χ3v) is 20.3. The molecule has 0 aliphatic carbocycles. The molecule has 34 heteroatoms. The van der Waals surface area contributed by atoms with Crippen molar-refractivity contribution in [1.29, 1.82) is 0 Å². The molecule has 2 aliphatic heterocycles. The van der Waals surface area contributed by atoms with E-state index >= 15 is 0 Å². The van der Waals surface area contributed by atoms with Gasteiger partial charge in [-0.15, -0.1) is 0 Å². The molecule has 7 aromatic rings. The summed E-state index contributed by atoms with van der Waals surface area (Å²) in [5.74, 6) is -8.01. The Labute approximate surface area is 675 Å². The van der Waals surface area contributed by atoms with E-state index in [1.54, 1.807) is 73.7 Å². The molecule has 4 unspecified atom stereocenters. The van der Waals surface area contributed by atoms with Gasteiger partial charge in [-0.25, -0.2) is 46.7 Å². The van der Waals surface area contributed by atoms with Crippen LogP contribution in [0.4, 0.5) is 32.3 Å². The number of rotatable bonds is 36. The molecule has 3 heterocycles. The molecule has 4 N–H and O–H groups in total. The summed E-state index contributed by atoms with van der Waals surface area (Å²) in [7, 11) is 2.99. The number of hydrogen-bond donors (Lipinski definition) is 4. The molecule has 9 rings (SSSR count). The average Bonchev–Trinajstić information content (AvgIpc) is 1.65. The van der Waals surface area contributed by atoms with Crippen molar-refractivity contribution in [1.82, 2.24) is 28.6 Å². The van der Waals surface area contributed by atoms with Crippen molar-refractivity contribution < 1.29 is 99.2 Å². The number of para-hydroxylation sites is 1. The highest BCUT2D eigenvalue weighted by atomic mass is 35.5. The van der Waals surface area contributed by atoms with Gasteiger partial charge in [0.15, 0.2) is 46.9 Å². The second-order valence-electron chi connectivity index (χ2n) is 26.8. The fraction of sp³-hybridized carbons (Fsp3) is 0.358. The summed E-state index contributed by atoms with van der Waals surface area (Å²) in [5.41, 5.74) is 0.344. The average molecular weight is 1640 g/mol. The Morgan fingerprint density at radius 1 is 0.600 bits per heavy atom. The topological polar surface area (TPSA) is 390 Å². The molecule has 4 atom stereocenters. The van der Waals surface area contributed by atoms with Crippen LogP contribution in [0.2, 0.25) is 10.0 Å². The first-order valence-corrected chi connectivity index (χ1v) is 38.8. The summed E-state index contributed by atoms with van der Waals surface area (Å²) in [5, 5.41) is 10.4. The van der Waals surface area contributed by atoms with E-state index in [2.05, 4.69) is 37.9 Å². The molecule has 0 bridgehead atoms. The molecule has 0 radical (unpaired) electrons. The van der Waals surface area contributed by atoms with Gasteiger partial charge in [0.05, 0.1) is 77.6 Å². The Hall–Kier alpha value is -11.7. The van der Waals surface area contributed by atoms with E-state index in [-0.39, 0.29) is 80.0 Å². The number of amides is 9. The van der Waals surface area contributed by atoms with Gasteiger partial charge in [-0.2, -0.15) is 0 Å². The zero-order chi connectivity index (χ0) is 84.4. The third kappa shape index (κ3) is 23.7. The summed E-state index contributed by atoms with van der Waals surface area (Å²) < 4.78 is 58.4. The largest absolute Gasteiger partial charge is 0.497 e. The summed E-state index contributed by atoms with van der Waals surface area (Å²) >= 11 is 12.3. The van der Waals surface area contributed by atoms with Crippen LogP contribution in [0.25, 0.3) is 0 Å². The standard InChI is InChI=1S/C35H46ClN3O7.C29H29N5O7S.C17H17ClN2O7/c1-4-6-7-8-9-10-11-12-13-17-22-46-34(43)27-20-21-28(36)29(23-27)37-31(41)30(25(3)40)39-32(42)33(45-5-2)38(35(39)44)24-26-18-15-14-16-19-26;1-33(2)42(38,39)22-14-15-23(24(18-22)41-4)32-28(36)25(26(35)19-10-12-21(40-3)13-11-19)34-17-16-30-27(34)29(37)31-20-8-6-5-7-9-20;1-8(21)12(20-15(24)17(2,3)27-16(20)25)13(22)19-11-7-9(14(23)26-4)5-6-10(11)18/h14-16,18-21,23,30,33H,4-13,17,22,24H2,1-3H3,(H,37,41);5-18,25H,1-4H3,(H,31,37)(H,32,36);5-7,12H,1-4H3,(H,19,22). The SMILES string of the molecule is CCCCCCCCCCCCOC(=O)c1ccc(Cl)c(NC(=O)C(C(C)=O)N2C(=O)C(OCC)N(Cc3ccccc3)C2=O)c1.COC(=O)c1ccc(Cl)c(NC(=O)C(C(C)=O)N2C(=O)OC(C)(C)C2=O)c1.COc1ccc(C(=O)C(C(=O)Nc2ccc(S(=O)(=O)N(C)C)cc2OC)n2ccnc2C(=O)Nc2ccccc2)cc1. The van der Waals surface area contributed by atoms with E-state index in [0.717, 1.165) is 43.0 Å². The number of Topliss-reactive ketones (excluding diaryl/α,β-unsaturated/α-hetero) is 3. The van der Waals surface area contributed by atoms with E-state index in [4.69, 9.17) is 46.9 Å². The van der Waals surface area contributed by atoms with Gasteiger partial charge in [0.2, 0.25) is 16.3 Å². The van der Waals surface area contributed by atoms with Gasteiger partial charge in [-0.3, -0.25) is 48.1 Å². The number of hydrogen-bond acceptors (Lipinski definition) is 22. The maximum Gasteiger partial charge on any atom is 0.418 e. The van der Waals surface area contributed by atoms with Crippen molar-refractivity contribution >= 4 is 133 Å². The number of imidazole rings is 1. The van der Waals surface area contributed by atoms with Crippen LogP contribution in [0.1, 0.15) is 159 Å². The maximum atomic E-state index is 13.8. The lowest BCUT2D eigenvalue weighted by Gasteiger charge is -2.23. The fourth-order valence-corrected chi connectivity index (χ4v) is 13.1. The number of ether oxygens (including phenoxy) is 6. The predicted molar refractivity (Wildman–Crippen MR) is 425 cm³/mol. The van der Waals surface area contributed by atoms with Gasteiger partial charge in [-0.1, -0.05) is 136 Å². The summed E-state index contributed by atoms with van der Waals surface area (Å²) in [6.07, 6.45) is 11.9. The number of anilines is 4. The van der Waals surface area contributed by atoms with Gasteiger partial charge >= 0.3 is 24.1 Å². The zero-order valence-corrected chi connectivity index (χ0v) is 67.7. The number of unbranched alkanes of at least 4 members (excludes halogenated alkanes) is 9. The van der Waals surface area contributed by atoms with Crippen LogP contribution in [0.3, 0.4) is 0 Å². The molecule has 2 fully saturated rings. The van der Waals surface area contributed by atoms with Crippen molar-refractivity contribution in [2.24, 2.45) is 0 Å². The second-order valence-corrected chi connectivity index (χ2v) is 29.7. The number of aromatic nitrogens is 2. The van der Waals surface area contributed by atoms with Gasteiger partial charge in [0.25, 0.3) is 35.4 Å². The molecular formula is C81H92Cl2N10O21S. The van der Waals surface area contributed by atoms with Crippen molar-refractivity contribution in [3.63, 3.8) is 0 Å². The number of methoxy groups -OCH3 is 3. The molecule has 2 aliphatic rings. The Morgan fingerprint density at radius 3 is 1.63 bits per heavy atom. The number of cyclic esters (lactones) is 1. The Morgan fingerprint density at radius 2 is 1.12 bits per heavy atom. The minimum absolute atomic E-state index is 0.00934.